The van der Waals surface area contributed by atoms with Gasteiger partial charge in [0.2, 0.25) is 0 Å². The summed E-state index contributed by atoms with van der Waals surface area (Å²) in [6.07, 6.45) is 0.712. The highest BCUT2D eigenvalue weighted by atomic mass is 19.2. The van der Waals surface area contributed by atoms with E-state index in [1.807, 2.05) is 6.92 Å². The Morgan fingerprint density at radius 2 is 1.85 bits per heavy atom. The predicted octanol–water partition coefficient (Wildman–Crippen LogP) is 3.10. The fourth-order valence-electron chi connectivity index (χ4n) is 1.79. The Balaban J connectivity index is 2.94. The van der Waals surface area contributed by atoms with Crippen molar-refractivity contribution in [2.75, 3.05) is 13.2 Å². The lowest BCUT2D eigenvalue weighted by molar-refractivity contribution is -0.143. The topological polar surface area (TPSA) is 38.3 Å². The number of hydrogen-bond donors (Lipinski definition) is 1. The van der Waals surface area contributed by atoms with E-state index in [9.17, 15) is 18.0 Å². The molecule has 0 radical (unpaired) electrons. The largest absolute Gasteiger partial charge is 0.466 e. The molecule has 20 heavy (non-hydrogen) atoms. The highest BCUT2D eigenvalue weighted by Crippen LogP contribution is 2.22. The van der Waals surface area contributed by atoms with E-state index < -0.39 is 29.5 Å². The van der Waals surface area contributed by atoms with Crippen molar-refractivity contribution in [1.29, 1.82) is 0 Å². The molecule has 0 aliphatic heterocycles. The van der Waals surface area contributed by atoms with Gasteiger partial charge in [-0.05, 0) is 37.6 Å². The Labute approximate surface area is 116 Å². The van der Waals surface area contributed by atoms with Crippen molar-refractivity contribution < 1.29 is 22.7 Å². The van der Waals surface area contributed by atoms with E-state index in [4.69, 9.17) is 4.74 Å². The summed E-state index contributed by atoms with van der Waals surface area (Å²) in [5.74, 6) is -4.54. The minimum absolute atomic E-state index is 0.0711. The quantitative estimate of drug-likeness (QED) is 0.619. The highest BCUT2D eigenvalue weighted by molar-refractivity contribution is 5.70. The van der Waals surface area contributed by atoms with Gasteiger partial charge in [0.15, 0.2) is 17.5 Å². The number of benzene rings is 1. The van der Waals surface area contributed by atoms with Crippen LogP contribution in [0.25, 0.3) is 0 Å². The van der Waals surface area contributed by atoms with Crippen LogP contribution in [0.3, 0.4) is 0 Å². The number of halogens is 3. The number of carbonyl (C=O) groups excluding carboxylic acids is 1. The maximum Gasteiger partial charge on any atom is 0.307 e. The highest BCUT2D eigenvalue weighted by Gasteiger charge is 2.20. The summed E-state index contributed by atoms with van der Waals surface area (Å²) in [7, 11) is 0. The van der Waals surface area contributed by atoms with E-state index in [1.54, 1.807) is 6.92 Å². The van der Waals surface area contributed by atoms with Crippen LogP contribution in [-0.4, -0.2) is 19.1 Å². The molecular weight excluding hydrogens is 271 g/mol. The minimum atomic E-state index is -1.51. The maximum atomic E-state index is 13.2. The third-order valence-electron chi connectivity index (χ3n) is 2.73. The normalized spacial score (nSPS) is 12.2. The zero-order valence-electron chi connectivity index (χ0n) is 11.5. The molecule has 0 heterocycles. The van der Waals surface area contributed by atoms with Crippen molar-refractivity contribution in [3.8, 4) is 0 Å². The lowest BCUT2D eigenvalue weighted by atomic mass is 10.0. The van der Waals surface area contributed by atoms with E-state index in [2.05, 4.69) is 5.32 Å². The summed E-state index contributed by atoms with van der Waals surface area (Å²) in [5, 5.41) is 2.99. The van der Waals surface area contributed by atoms with Crippen LogP contribution in [0, 0.1) is 17.5 Å². The molecule has 0 fully saturated rings. The lowest BCUT2D eigenvalue weighted by Crippen LogP contribution is -2.26. The van der Waals surface area contributed by atoms with Gasteiger partial charge in [0.1, 0.15) is 0 Å². The molecule has 1 N–H and O–H groups in total. The standard InChI is InChI=1S/C14H18F3NO2/c1-3-5-18-12(8-13(19)20-4-2)9-6-10(15)14(17)11(16)7-9/h6-7,12,18H,3-5,8H2,1-2H3. The molecular formula is C14H18F3NO2. The number of rotatable bonds is 7. The molecule has 0 aliphatic rings. The number of esters is 1. The predicted molar refractivity (Wildman–Crippen MR) is 68.6 cm³/mol. The van der Waals surface area contributed by atoms with Crippen LogP contribution in [0.4, 0.5) is 13.2 Å². The maximum absolute atomic E-state index is 13.2. The van der Waals surface area contributed by atoms with Gasteiger partial charge >= 0.3 is 5.97 Å². The zero-order chi connectivity index (χ0) is 15.1. The Morgan fingerprint density at radius 1 is 1.25 bits per heavy atom. The molecule has 1 unspecified atom stereocenters. The third kappa shape index (κ3) is 4.52. The van der Waals surface area contributed by atoms with Gasteiger partial charge in [-0.2, -0.15) is 0 Å². The summed E-state index contributed by atoms with van der Waals surface area (Å²) in [5.41, 5.74) is 0.183. The second-order valence-electron chi connectivity index (χ2n) is 4.31. The fraction of sp³-hybridized carbons (Fsp3) is 0.500. The van der Waals surface area contributed by atoms with Crippen molar-refractivity contribution in [1.82, 2.24) is 5.32 Å². The van der Waals surface area contributed by atoms with Gasteiger partial charge < -0.3 is 10.1 Å². The van der Waals surface area contributed by atoms with Crippen LogP contribution in [0.5, 0.6) is 0 Å². The van der Waals surface area contributed by atoms with Gasteiger partial charge in [0.25, 0.3) is 0 Å². The molecule has 3 nitrogen and oxygen atoms in total. The van der Waals surface area contributed by atoms with E-state index in [0.29, 0.717) is 6.54 Å². The van der Waals surface area contributed by atoms with Crippen LogP contribution in [0.2, 0.25) is 0 Å². The summed E-state index contributed by atoms with van der Waals surface area (Å²) < 4.78 is 44.3. The van der Waals surface area contributed by atoms with Gasteiger partial charge in [0.05, 0.1) is 13.0 Å². The zero-order valence-corrected chi connectivity index (χ0v) is 11.5. The van der Waals surface area contributed by atoms with Crippen molar-refractivity contribution in [3.05, 3.63) is 35.1 Å². The molecule has 0 amide bonds. The monoisotopic (exact) mass is 289 g/mol. The van der Waals surface area contributed by atoms with E-state index in [-0.39, 0.29) is 18.6 Å². The summed E-state index contributed by atoms with van der Waals surface area (Å²) in [6, 6.07) is 1.18. The van der Waals surface area contributed by atoms with Crippen molar-refractivity contribution >= 4 is 5.97 Å². The van der Waals surface area contributed by atoms with Crippen molar-refractivity contribution in [2.24, 2.45) is 0 Å². The van der Waals surface area contributed by atoms with Gasteiger partial charge in [0, 0.05) is 6.04 Å². The first-order valence-corrected chi connectivity index (χ1v) is 6.53. The molecule has 1 atom stereocenters. The third-order valence-corrected chi connectivity index (χ3v) is 2.73. The van der Waals surface area contributed by atoms with Crippen molar-refractivity contribution in [3.63, 3.8) is 0 Å². The molecule has 0 aliphatic carbocycles. The van der Waals surface area contributed by atoms with Crippen LogP contribution in [0.1, 0.15) is 38.3 Å². The average molecular weight is 289 g/mol. The first-order valence-electron chi connectivity index (χ1n) is 6.53. The van der Waals surface area contributed by atoms with E-state index in [0.717, 1.165) is 18.6 Å². The summed E-state index contributed by atoms with van der Waals surface area (Å²) in [4.78, 5) is 11.5. The van der Waals surface area contributed by atoms with Crippen LogP contribution >= 0.6 is 0 Å². The van der Waals surface area contributed by atoms with E-state index >= 15 is 0 Å². The smallest absolute Gasteiger partial charge is 0.307 e. The van der Waals surface area contributed by atoms with Gasteiger partial charge in [-0.25, -0.2) is 13.2 Å². The van der Waals surface area contributed by atoms with Gasteiger partial charge in [-0.1, -0.05) is 6.92 Å². The molecule has 1 aromatic rings. The number of carbonyl (C=O) groups is 1. The molecule has 0 aromatic heterocycles. The number of hydrogen-bond acceptors (Lipinski definition) is 3. The Bertz CT molecular complexity index is 443. The van der Waals surface area contributed by atoms with Crippen LogP contribution in [-0.2, 0) is 9.53 Å². The van der Waals surface area contributed by atoms with E-state index in [1.165, 1.54) is 0 Å². The SMILES string of the molecule is CCCNC(CC(=O)OCC)c1cc(F)c(F)c(F)c1. The van der Waals surface area contributed by atoms with Crippen molar-refractivity contribution in [2.45, 2.75) is 32.7 Å². The lowest BCUT2D eigenvalue weighted by Gasteiger charge is -2.18. The minimum Gasteiger partial charge on any atom is -0.466 e. The molecule has 0 saturated heterocycles. The van der Waals surface area contributed by atoms with Crippen LogP contribution < -0.4 is 5.32 Å². The van der Waals surface area contributed by atoms with Gasteiger partial charge in [-0.3, -0.25) is 4.79 Å². The Morgan fingerprint density at radius 3 is 2.35 bits per heavy atom. The average Bonchev–Trinajstić information content (AvgIpc) is 2.40. The molecule has 6 heteroatoms. The molecule has 0 saturated carbocycles. The number of nitrogens with one attached hydrogen (secondary N) is 1. The first kappa shape index (κ1) is 16.5. The molecule has 0 spiro atoms. The molecule has 0 bridgehead atoms. The summed E-state index contributed by atoms with van der Waals surface area (Å²) >= 11 is 0. The first-order chi connectivity index (χ1) is 9.49. The molecule has 112 valence electrons. The second kappa shape index (κ2) is 7.89. The van der Waals surface area contributed by atoms with Gasteiger partial charge in [-0.15, -0.1) is 0 Å². The van der Waals surface area contributed by atoms with Crippen LogP contribution in [0.15, 0.2) is 12.1 Å². The Hall–Kier alpha value is -1.56. The fourth-order valence-corrected chi connectivity index (χ4v) is 1.79. The molecule has 1 rings (SSSR count). The number of ether oxygens (including phenoxy) is 1. The molecule has 1 aromatic carbocycles. The Kier molecular flexibility index (Phi) is 6.51. The summed E-state index contributed by atoms with van der Waals surface area (Å²) in [6.45, 7) is 4.38. The second-order valence-corrected chi connectivity index (χ2v) is 4.31.